The van der Waals surface area contributed by atoms with Gasteiger partial charge < -0.3 is 9.30 Å². The van der Waals surface area contributed by atoms with Crippen molar-refractivity contribution in [2.24, 2.45) is 5.41 Å². The first-order valence-corrected chi connectivity index (χ1v) is 9.93. The third kappa shape index (κ3) is 3.49. The molecule has 1 aliphatic rings. The van der Waals surface area contributed by atoms with Crippen molar-refractivity contribution in [1.29, 1.82) is 0 Å². The molecule has 0 spiro atoms. The van der Waals surface area contributed by atoms with E-state index in [1.54, 1.807) is 0 Å². The number of carbonyl (C=O) groups is 2. The average Bonchev–Trinajstić information content (AvgIpc) is 3.06. The molecule has 0 aliphatic heterocycles. The van der Waals surface area contributed by atoms with Gasteiger partial charge in [-0.15, -0.1) is 0 Å². The molecule has 0 N–H and O–H groups in total. The number of para-hydroxylation sites is 1. The van der Waals surface area contributed by atoms with Crippen LogP contribution < -0.4 is 0 Å². The molecule has 1 heterocycles. The highest BCUT2D eigenvalue weighted by atomic mass is 35.5. The van der Waals surface area contributed by atoms with Crippen molar-refractivity contribution >= 4 is 23.4 Å². The van der Waals surface area contributed by atoms with E-state index in [1.807, 2.05) is 79.1 Å². The highest BCUT2D eigenvalue weighted by Crippen LogP contribution is 2.49. The van der Waals surface area contributed by atoms with E-state index in [-0.39, 0.29) is 11.8 Å². The summed E-state index contributed by atoms with van der Waals surface area (Å²) < 4.78 is 7.81. The number of rotatable bonds is 3. The Hall–Kier alpha value is -2.85. The minimum atomic E-state index is -0.533. The number of esters is 1. The Balaban J connectivity index is 2.04. The Morgan fingerprint density at radius 2 is 1.76 bits per heavy atom. The number of nitrogens with zero attached hydrogens (tertiary/aromatic N) is 1. The lowest BCUT2D eigenvalue weighted by molar-refractivity contribution is -0.154. The van der Waals surface area contributed by atoms with Crippen LogP contribution in [0.1, 0.15) is 49.3 Å². The fourth-order valence-corrected chi connectivity index (χ4v) is 4.17. The first-order valence-electron chi connectivity index (χ1n) is 9.55. The number of benzene rings is 2. The SMILES string of the molecule is CC(=O)OC1c2c(cc(-c3ccc(Cl)cc3)n2-c2ccccc2)C(=O)CC1(C)C. The number of halogens is 1. The first kappa shape index (κ1) is 19.5. The molecule has 4 nitrogen and oxygen atoms in total. The van der Waals surface area contributed by atoms with Crippen LogP contribution in [-0.4, -0.2) is 16.3 Å². The van der Waals surface area contributed by atoms with Crippen LogP contribution in [0.3, 0.4) is 0 Å². The normalized spacial score (nSPS) is 17.7. The summed E-state index contributed by atoms with van der Waals surface area (Å²) in [5.74, 6) is -0.310. The van der Waals surface area contributed by atoms with Gasteiger partial charge in [0.1, 0.15) is 6.10 Å². The largest absolute Gasteiger partial charge is 0.455 e. The molecule has 148 valence electrons. The molecule has 0 bridgehead atoms. The highest BCUT2D eigenvalue weighted by molar-refractivity contribution is 6.30. The maximum Gasteiger partial charge on any atom is 0.303 e. The standard InChI is InChI=1S/C24H22ClNO3/c1-15(27)29-23-22-19(21(28)14-24(23,2)3)13-20(16-9-11-17(25)12-10-16)26(22)18-7-5-4-6-8-18/h4-13,23H,14H2,1-3H3. The monoisotopic (exact) mass is 407 g/mol. The fourth-order valence-electron chi connectivity index (χ4n) is 4.05. The zero-order valence-corrected chi connectivity index (χ0v) is 17.4. The van der Waals surface area contributed by atoms with Gasteiger partial charge in [0.15, 0.2) is 5.78 Å². The van der Waals surface area contributed by atoms with Crippen molar-refractivity contribution in [3.8, 4) is 16.9 Å². The summed E-state index contributed by atoms with van der Waals surface area (Å²) in [6.45, 7) is 5.33. The zero-order valence-electron chi connectivity index (χ0n) is 16.6. The van der Waals surface area contributed by atoms with Gasteiger partial charge in [0.2, 0.25) is 0 Å². The highest BCUT2D eigenvalue weighted by Gasteiger charge is 2.45. The van der Waals surface area contributed by atoms with Crippen LogP contribution in [0.2, 0.25) is 5.02 Å². The van der Waals surface area contributed by atoms with Crippen LogP contribution in [-0.2, 0) is 9.53 Å². The van der Waals surface area contributed by atoms with Crippen LogP contribution in [0.25, 0.3) is 16.9 Å². The van der Waals surface area contributed by atoms with Gasteiger partial charge in [0.25, 0.3) is 0 Å². The molecule has 5 heteroatoms. The van der Waals surface area contributed by atoms with Gasteiger partial charge in [-0.05, 0) is 35.9 Å². The molecule has 0 saturated carbocycles. The van der Waals surface area contributed by atoms with Crippen LogP contribution in [0.5, 0.6) is 0 Å². The summed E-state index contributed by atoms with van der Waals surface area (Å²) in [5.41, 5.74) is 3.50. The van der Waals surface area contributed by atoms with Crippen molar-refractivity contribution in [3.05, 3.63) is 76.9 Å². The van der Waals surface area contributed by atoms with E-state index in [1.165, 1.54) is 6.92 Å². The maximum absolute atomic E-state index is 13.0. The smallest absolute Gasteiger partial charge is 0.303 e. The summed E-state index contributed by atoms with van der Waals surface area (Å²) in [7, 11) is 0. The zero-order chi connectivity index (χ0) is 20.8. The summed E-state index contributed by atoms with van der Waals surface area (Å²) >= 11 is 6.08. The van der Waals surface area contributed by atoms with Gasteiger partial charge in [-0.2, -0.15) is 0 Å². The van der Waals surface area contributed by atoms with Gasteiger partial charge in [-0.1, -0.05) is 55.8 Å². The molecule has 1 atom stereocenters. The third-order valence-corrected chi connectivity index (χ3v) is 5.60. The molecule has 0 radical (unpaired) electrons. The molecule has 0 saturated heterocycles. The molecule has 0 fully saturated rings. The minimum absolute atomic E-state index is 0.0540. The molecular formula is C24H22ClNO3. The number of ether oxygens (including phenoxy) is 1. The summed E-state index contributed by atoms with van der Waals surface area (Å²) in [6.07, 6.45) is -0.217. The van der Waals surface area contributed by atoms with Crippen molar-refractivity contribution < 1.29 is 14.3 Å². The van der Waals surface area contributed by atoms with Gasteiger partial charge in [0.05, 0.1) is 11.4 Å². The quantitative estimate of drug-likeness (QED) is 0.499. The van der Waals surface area contributed by atoms with E-state index in [0.29, 0.717) is 17.0 Å². The Labute approximate surface area is 175 Å². The average molecular weight is 408 g/mol. The molecule has 29 heavy (non-hydrogen) atoms. The molecule has 3 aromatic rings. The maximum atomic E-state index is 13.0. The van der Waals surface area contributed by atoms with Crippen molar-refractivity contribution in [2.75, 3.05) is 0 Å². The Bertz CT molecular complexity index is 1080. The Morgan fingerprint density at radius 3 is 2.38 bits per heavy atom. The lowest BCUT2D eigenvalue weighted by Gasteiger charge is -2.38. The van der Waals surface area contributed by atoms with Crippen molar-refractivity contribution in [1.82, 2.24) is 4.57 Å². The van der Waals surface area contributed by atoms with Crippen molar-refractivity contribution in [2.45, 2.75) is 33.3 Å². The molecule has 4 rings (SSSR count). The second-order valence-electron chi connectivity index (χ2n) is 8.08. The van der Waals surface area contributed by atoms with Gasteiger partial charge in [0, 0.05) is 35.0 Å². The summed E-state index contributed by atoms with van der Waals surface area (Å²) in [4.78, 5) is 25.0. The predicted octanol–water partition coefficient (Wildman–Crippen LogP) is 6.01. The van der Waals surface area contributed by atoms with Crippen molar-refractivity contribution in [3.63, 3.8) is 0 Å². The lowest BCUT2D eigenvalue weighted by atomic mass is 9.73. The van der Waals surface area contributed by atoms with Crippen LogP contribution in [0, 0.1) is 5.41 Å². The number of aromatic nitrogens is 1. The van der Waals surface area contributed by atoms with Gasteiger partial charge in [-0.25, -0.2) is 0 Å². The van der Waals surface area contributed by atoms with E-state index in [4.69, 9.17) is 16.3 Å². The molecule has 1 aromatic heterocycles. The molecule has 1 unspecified atom stereocenters. The predicted molar refractivity (Wildman–Crippen MR) is 113 cm³/mol. The van der Waals surface area contributed by atoms with Gasteiger partial charge in [-0.3, -0.25) is 9.59 Å². The van der Waals surface area contributed by atoms with E-state index in [0.717, 1.165) is 22.6 Å². The number of ketones is 1. The minimum Gasteiger partial charge on any atom is -0.455 e. The molecular weight excluding hydrogens is 386 g/mol. The summed E-state index contributed by atoms with van der Waals surface area (Å²) in [5, 5.41) is 0.645. The number of hydrogen-bond donors (Lipinski definition) is 0. The van der Waals surface area contributed by atoms with Gasteiger partial charge >= 0.3 is 5.97 Å². The number of hydrogen-bond acceptors (Lipinski definition) is 3. The molecule has 1 aliphatic carbocycles. The second-order valence-corrected chi connectivity index (χ2v) is 8.52. The van der Waals surface area contributed by atoms with Crippen LogP contribution in [0.15, 0.2) is 60.7 Å². The number of fused-ring (bicyclic) bond motifs is 1. The molecule has 0 amide bonds. The molecule has 2 aromatic carbocycles. The van der Waals surface area contributed by atoms with Crippen LogP contribution in [0.4, 0.5) is 0 Å². The van der Waals surface area contributed by atoms with E-state index < -0.39 is 11.5 Å². The third-order valence-electron chi connectivity index (χ3n) is 5.35. The topological polar surface area (TPSA) is 48.3 Å². The Morgan fingerprint density at radius 1 is 1.10 bits per heavy atom. The van der Waals surface area contributed by atoms with E-state index in [9.17, 15) is 9.59 Å². The first-order chi connectivity index (χ1) is 13.8. The van der Waals surface area contributed by atoms with E-state index >= 15 is 0 Å². The lowest BCUT2D eigenvalue weighted by Crippen LogP contribution is -2.35. The second kappa shape index (κ2) is 7.20. The van der Waals surface area contributed by atoms with E-state index in [2.05, 4.69) is 0 Å². The fraction of sp³-hybridized carbons (Fsp3) is 0.250. The number of Topliss-reactive ketones (excluding diaryl/α,β-unsaturated/α-hetero) is 1. The Kier molecular flexibility index (Phi) is 4.83. The number of carbonyl (C=O) groups excluding carboxylic acids is 2. The summed E-state index contributed by atoms with van der Waals surface area (Å²) in [6, 6.07) is 19.2. The van der Waals surface area contributed by atoms with Crippen LogP contribution >= 0.6 is 11.6 Å².